The quantitative estimate of drug-likeness (QED) is 0.212. The number of benzene rings is 6. The molecule has 1 saturated heterocycles. The van der Waals surface area contributed by atoms with E-state index < -0.39 is 0 Å². The summed E-state index contributed by atoms with van der Waals surface area (Å²) in [5.41, 5.74) is 10.9. The number of rotatable bonds is 5. The summed E-state index contributed by atoms with van der Waals surface area (Å²) in [7, 11) is 0. The molecule has 1 aliphatic heterocycles. The van der Waals surface area contributed by atoms with Crippen LogP contribution in [0.3, 0.4) is 0 Å². The fraction of sp³-hybridized carbons (Fsp3) is 0.0698. The third-order valence-corrected chi connectivity index (χ3v) is 9.27. The van der Waals surface area contributed by atoms with Gasteiger partial charge in [-0.2, -0.15) is 0 Å². The maximum atomic E-state index is 6.49. The third kappa shape index (κ3) is 5.14. The topological polar surface area (TPSA) is 47.0 Å². The van der Waals surface area contributed by atoms with Crippen molar-refractivity contribution in [1.29, 1.82) is 0 Å². The van der Waals surface area contributed by atoms with Crippen LogP contribution >= 0.6 is 0 Å². The molecule has 0 saturated carbocycles. The summed E-state index contributed by atoms with van der Waals surface area (Å²) in [6.07, 6.45) is 4.24. The zero-order valence-electron chi connectivity index (χ0n) is 25.6. The van der Waals surface area contributed by atoms with Crippen LogP contribution in [-0.4, -0.2) is 16.1 Å². The van der Waals surface area contributed by atoms with Gasteiger partial charge in [0.1, 0.15) is 6.23 Å². The number of nitrogens with one attached hydrogen (secondary N) is 1. The minimum atomic E-state index is -0.141. The van der Waals surface area contributed by atoms with E-state index in [2.05, 4.69) is 127 Å². The first-order valence-corrected chi connectivity index (χ1v) is 16.1. The SMILES string of the molecule is C1=CC2OC(c3ccccc3)NC2c2c1ccc1ccc(-c3ccc(-c4nc(-c5ccccc5)cc(-c5ccccc5)n4)cc3)cc21. The molecular weight excluding hydrogens is 574 g/mol. The van der Waals surface area contributed by atoms with Gasteiger partial charge >= 0.3 is 0 Å². The first kappa shape index (κ1) is 27.6. The molecule has 6 aromatic carbocycles. The summed E-state index contributed by atoms with van der Waals surface area (Å²) >= 11 is 0. The van der Waals surface area contributed by atoms with Gasteiger partial charge in [0.2, 0.25) is 0 Å². The van der Waals surface area contributed by atoms with Crippen molar-refractivity contribution < 1.29 is 4.74 Å². The Morgan fingerprint density at radius 3 is 1.81 bits per heavy atom. The van der Waals surface area contributed by atoms with E-state index >= 15 is 0 Å². The van der Waals surface area contributed by atoms with E-state index in [0.717, 1.165) is 39.2 Å². The van der Waals surface area contributed by atoms with E-state index in [1.807, 2.05) is 42.5 Å². The highest BCUT2D eigenvalue weighted by Crippen LogP contribution is 2.43. The lowest BCUT2D eigenvalue weighted by atomic mass is 9.86. The van der Waals surface area contributed by atoms with Gasteiger partial charge in [0.25, 0.3) is 0 Å². The van der Waals surface area contributed by atoms with Crippen molar-refractivity contribution >= 4 is 16.8 Å². The van der Waals surface area contributed by atoms with Crippen molar-refractivity contribution in [2.24, 2.45) is 0 Å². The Hall–Kier alpha value is -5.68. The number of fused-ring (bicyclic) bond motifs is 5. The monoisotopic (exact) mass is 605 g/mol. The Bertz CT molecular complexity index is 2190. The van der Waals surface area contributed by atoms with Crippen LogP contribution in [-0.2, 0) is 4.74 Å². The van der Waals surface area contributed by atoms with Crippen LogP contribution in [0.25, 0.3) is 61.9 Å². The number of nitrogens with zero attached hydrogens (tertiary/aromatic N) is 2. The van der Waals surface area contributed by atoms with Gasteiger partial charge in [0, 0.05) is 16.7 Å². The highest BCUT2D eigenvalue weighted by molar-refractivity contribution is 5.93. The summed E-state index contributed by atoms with van der Waals surface area (Å²) < 4.78 is 6.49. The lowest BCUT2D eigenvalue weighted by molar-refractivity contribution is 0.0619. The fourth-order valence-electron chi connectivity index (χ4n) is 6.87. The minimum absolute atomic E-state index is 0.0197. The molecule has 2 aliphatic rings. The Kier molecular flexibility index (Phi) is 6.81. The standard InChI is InChI=1S/C43H31N3O/c1-4-10-30(11-5-1)37-27-38(31-12-6-2-7-13-31)45-42(44-37)33-21-16-28(17-22-33)35-23-19-29-18-20-32-24-25-39-41(40(32)36(29)26-35)46-43(47-39)34-14-8-3-9-15-34/h1-27,39,41,43,46H. The second kappa shape index (κ2) is 11.6. The van der Waals surface area contributed by atoms with Crippen LogP contribution in [0.2, 0.25) is 0 Å². The maximum absolute atomic E-state index is 6.49. The molecule has 2 heterocycles. The molecule has 4 nitrogen and oxygen atoms in total. The average molecular weight is 606 g/mol. The predicted molar refractivity (Wildman–Crippen MR) is 190 cm³/mol. The largest absolute Gasteiger partial charge is 0.350 e. The predicted octanol–water partition coefficient (Wildman–Crippen LogP) is 10.1. The lowest BCUT2D eigenvalue weighted by Crippen LogP contribution is -2.24. The first-order chi connectivity index (χ1) is 23.3. The van der Waals surface area contributed by atoms with Crippen LogP contribution in [0.5, 0.6) is 0 Å². The smallest absolute Gasteiger partial charge is 0.160 e. The molecule has 9 rings (SSSR count). The third-order valence-electron chi connectivity index (χ3n) is 9.27. The van der Waals surface area contributed by atoms with Gasteiger partial charge in [-0.1, -0.05) is 152 Å². The van der Waals surface area contributed by atoms with Gasteiger partial charge in [-0.05, 0) is 50.7 Å². The van der Waals surface area contributed by atoms with Gasteiger partial charge in [-0.3, -0.25) is 5.32 Å². The number of hydrogen-bond donors (Lipinski definition) is 1. The molecule has 3 unspecified atom stereocenters. The van der Waals surface area contributed by atoms with Crippen molar-refractivity contribution in [2.45, 2.75) is 18.4 Å². The molecule has 0 spiro atoms. The maximum Gasteiger partial charge on any atom is 0.160 e. The van der Waals surface area contributed by atoms with E-state index in [1.165, 1.54) is 27.5 Å². The zero-order valence-corrected chi connectivity index (χ0v) is 25.6. The Morgan fingerprint density at radius 2 is 1.13 bits per heavy atom. The van der Waals surface area contributed by atoms with Crippen molar-refractivity contribution in [3.63, 3.8) is 0 Å². The van der Waals surface area contributed by atoms with Crippen molar-refractivity contribution in [3.05, 3.63) is 174 Å². The first-order valence-electron chi connectivity index (χ1n) is 16.1. The van der Waals surface area contributed by atoms with E-state index in [0.29, 0.717) is 5.82 Å². The van der Waals surface area contributed by atoms with Crippen LogP contribution in [0, 0.1) is 0 Å². The molecule has 1 N–H and O–H groups in total. The molecule has 1 aromatic heterocycles. The number of ether oxygens (including phenoxy) is 1. The highest BCUT2D eigenvalue weighted by Gasteiger charge is 2.38. The van der Waals surface area contributed by atoms with Gasteiger partial charge in [-0.15, -0.1) is 0 Å². The van der Waals surface area contributed by atoms with Crippen molar-refractivity contribution in [2.75, 3.05) is 0 Å². The van der Waals surface area contributed by atoms with Crippen LogP contribution in [0.15, 0.2) is 158 Å². The Morgan fingerprint density at radius 1 is 0.532 bits per heavy atom. The number of hydrogen-bond acceptors (Lipinski definition) is 4. The molecule has 0 radical (unpaired) electrons. The number of aromatic nitrogens is 2. The van der Waals surface area contributed by atoms with Gasteiger partial charge in [0.15, 0.2) is 5.82 Å². The molecule has 0 bridgehead atoms. The average Bonchev–Trinajstić information content (AvgIpc) is 3.60. The van der Waals surface area contributed by atoms with Crippen LogP contribution in [0.1, 0.15) is 29.0 Å². The Labute approximate surface area is 274 Å². The molecule has 7 aromatic rings. The van der Waals surface area contributed by atoms with Crippen LogP contribution < -0.4 is 5.32 Å². The summed E-state index contributed by atoms with van der Waals surface area (Å²) in [4.78, 5) is 10.0. The minimum Gasteiger partial charge on any atom is -0.350 e. The van der Waals surface area contributed by atoms with Gasteiger partial charge in [-0.25, -0.2) is 9.97 Å². The second-order valence-corrected chi connectivity index (χ2v) is 12.2. The molecule has 3 atom stereocenters. The van der Waals surface area contributed by atoms with Crippen molar-refractivity contribution in [1.82, 2.24) is 15.3 Å². The van der Waals surface area contributed by atoms with Crippen LogP contribution in [0.4, 0.5) is 0 Å². The molecule has 47 heavy (non-hydrogen) atoms. The van der Waals surface area contributed by atoms with Gasteiger partial charge < -0.3 is 4.74 Å². The summed E-state index contributed by atoms with van der Waals surface area (Å²) in [6, 6.07) is 53.0. The molecular formula is C43H31N3O. The molecule has 224 valence electrons. The van der Waals surface area contributed by atoms with E-state index in [-0.39, 0.29) is 18.4 Å². The van der Waals surface area contributed by atoms with E-state index in [9.17, 15) is 0 Å². The normalized spacial score (nSPS) is 18.2. The van der Waals surface area contributed by atoms with E-state index in [4.69, 9.17) is 14.7 Å². The molecule has 1 aliphatic carbocycles. The zero-order chi connectivity index (χ0) is 31.2. The molecule has 4 heteroatoms. The van der Waals surface area contributed by atoms with Crippen molar-refractivity contribution in [3.8, 4) is 45.0 Å². The molecule has 1 fully saturated rings. The Balaban J connectivity index is 1.08. The van der Waals surface area contributed by atoms with E-state index in [1.54, 1.807) is 0 Å². The summed E-state index contributed by atoms with van der Waals surface area (Å²) in [6.45, 7) is 0. The fourth-order valence-corrected chi connectivity index (χ4v) is 6.87. The lowest BCUT2D eigenvalue weighted by Gasteiger charge is -2.24. The highest BCUT2D eigenvalue weighted by atomic mass is 16.5. The summed E-state index contributed by atoms with van der Waals surface area (Å²) in [5, 5.41) is 6.26. The molecule has 0 amide bonds. The second-order valence-electron chi connectivity index (χ2n) is 12.2. The summed E-state index contributed by atoms with van der Waals surface area (Å²) in [5.74, 6) is 0.711. The van der Waals surface area contributed by atoms with Gasteiger partial charge in [0.05, 0.1) is 23.5 Å².